The molecule has 0 aromatic heterocycles. The third kappa shape index (κ3) is 10.7. The maximum absolute atomic E-state index is 6.44. The molecule has 96 valence electrons. The highest BCUT2D eigenvalue weighted by Crippen LogP contribution is 2.24. The van der Waals surface area contributed by atoms with Gasteiger partial charge in [0.15, 0.2) is 7.38 Å². The van der Waals surface area contributed by atoms with Crippen molar-refractivity contribution in [2.24, 2.45) is 5.92 Å². The summed E-state index contributed by atoms with van der Waals surface area (Å²) in [6.45, 7) is 14.7. The first-order valence-electron chi connectivity index (χ1n) is 6.39. The first-order chi connectivity index (χ1) is 7.35. The number of rotatable bonds is 9. The number of halogens is 1. The van der Waals surface area contributed by atoms with Crippen LogP contribution in [0, 0.1) is 5.92 Å². The van der Waals surface area contributed by atoms with Crippen molar-refractivity contribution in [1.82, 2.24) is 5.32 Å². The molecule has 0 amide bonds. The summed E-state index contributed by atoms with van der Waals surface area (Å²) in [5.41, 5.74) is 1.21. The highest BCUT2D eigenvalue weighted by molar-refractivity contribution is 7.19. The van der Waals surface area contributed by atoms with Gasteiger partial charge in [0.25, 0.3) is 0 Å². The molecule has 0 heterocycles. The van der Waals surface area contributed by atoms with Gasteiger partial charge in [-0.05, 0) is 31.9 Å². The molecule has 3 heteroatoms. The van der Waals surface area contributed by atoms with Gasteiger partial charge in [0.1, 0.15) is 0 Å². The van der Waals surface area contributed by atoms with E-state index in [2.05, 4.69) is 38.8 Å². The molecule has 0 radical (unpaired) electrons. The zero-order chi connectivity index (χ0) is 12.6. The Labute approximate surface area is 107 Å². The zero-order valence-corrected chi connectivity index (χ0v) is 13.2. The summed E-state index contributed by atoms with van der Waals surface area (Å²) in [4.78, 5) is 0. The highest BCUT2D eigenvalue weighted by Gasteiger charge is 2.22. The van der Waals surface area contributed by atoms with Crippen LogP contribution in [0.3, 0.4) is 0 Å². The number of hydrogen-bond acceptors (Lipinski definition) is 1. The average Bonchev–Trinajstić information content (AvgIpc) is 2.11. The van der Waals surface area contributed by atoms with Crippen LogP contribution in [-0.2, 0) is 0 Å². The van der Waals surface area contributed by atoms with Crippen LogP contribution in [-0.4, -0.2) is 20.5 Å². The Morgan fingerprint density at radius 2 is 2.06 bits per heavy atom. The number of unbranched alkanes of at least 4 members (excludes halogenated alkanes) is 1. The summed E-state index contributed by atoms with van der Waals surface area (Å²) in [6, 6.07) is 1.22. The zero-order valence-electron chi connectivity index (χ0n) is 11.4. The minimum absolute atomic E-state index is 0.749. The van der Waals surface area contributed by atoms with E-state index in [0.29, 0.717) is 0 Å². The normalized spacial score (nSPS) is 13.8. The van der Waals surface area contributed by atoms with Crippen molar-refractivity contribution >= 4 is 18.5 Å². The molecule has 1 N–H and O–H groups in total. The van der Waals surface area contributed by atoms with E-state index >= 15 is 0 Å². The molecule has 0 saturated carbocycles. The second-order valence-corrected chi connectivity index (χ2v) is 12.4. The van der Waals surface area contributed by atoms with Gasteiger partial charge in [0, 0.05) is 6.54 Å². The lowest BCUT2D eigenvalue weighted by atomic mass is 10.0. The Bertz CT molecular complexity index is 199. The van der Waals surface area contributed by atoms with Crippen molar-refractivity contribution in [3.8, 4) is 0 Å². The predicted molar refractivity (Wildman–Crippen MR) is 78.8 cm³/mol. The first kappa shape index (κ1) is 16.2. The quantitative estimate of drug-likeness (QED) is 0.369. The molecule has 0 aliphatic rings. The molecule has 0 bridgehead atoms. The van der Waals surface area contributed by atoms with E-state index in [4.69, 9.17) is 11.1 Å². The van der Waals surface area contributed by atoms with Crippen LogP contribution in [0.15, 0.2) is 12.2 Å². The van der Waals surface area contributed by atoms with Gasteiger partial charge in [0.05, 0.1) is 0 Å². The van der Waals surface area contributed by atoms with Gasteiger partial charge in [-0.2, -0.15) is 11.1 Å². The molecule has 0 aliphatic heterocycles. The smallest absolute Gasteiger partial charge is 0.150 e. The lowest BCUT2D eigenvalue weighted by molar-refractivity contribution is 0.469. The van der Waals surface area contributed by atoms with Gasteiger partial charge in [-0.3, -0.25) is 0 Å². The Morgan fingerprint density at radius 1 is 1.44 bits per heavy atom. The standard InChI is InChI=1S/C13H28ClNSi/c1-6-7-8-13(11-16(4,5)14)10-15-9-12(2)3/h13,15H,2,6-11H2,1,3-5H3. The van der Waals surface area contributed by atoms with E-state index in [9.17, 15) is 0 Å². The van der Waals surface area contributed by atoms with E-state index in [1.54, 1.807) is 0 Å². The van der Waals surface area contributed by atoms with Gasteiger partial charge in [0.2, 0.25) is 0 Å². The van der Waals surface area contributed by atoms with Crippen molar-refractivity contribution in [2.75, 3.05) is 13.1 Å². The van der Waals surface area contributed by atoms with Crippen molar-refractivity contribution in [2.45, 2.75) is 52.2 Å². The topological polar surface area (TPSA) is 12.0 Å². The van der Waals surface area contributed by atoms with Gasteiger partial charge in [-0.1, -0.05) is 45.0 Å². The molecule has 0 saturated heterocycles. The molecule has 0 aromatic rings. The van der Waals surface area contributed by atoms with Crippen molar-refractivity contribution in [1.29, 1.82) is 0 Å². The molecular formula is C13H28ClNSi. The monoisotopic (exact) mass is 261 g/mol. The fourth-order valence-electron chi connectivity index (χ4n) is 1.95. The SMILES string of the molecule is C=C(C)CNCC(CCCC)C[Si](C)(C)Cl. The molecule has 1 nitrogen and oxygen atoms in total. The molecule has 0 rings (SSSR count). The molecule has 0 aromatic carbocycles. The first-order valence-corrected chi connectivity index (χ1v) is 10.6. The van der Waals surface area contributed by atoms with E-state index in [1.165, 1.54) is 30.9 Å². The Kier molecular flexibility index (Phi) is 8.43. The lowest BCUT2D eigenvalue weighted by Crippen LogP contribution is -2.30. The van der Waals surface area contributed by atoms with Crippen LogP contribution in [0.1, 0.15) is 33.1 Å². The second kappa shape index (κ2) is 8.32. The third-order valence-electron chi connectivity index (χ3n) is 2.60. The number of hydrogen-bond donors (Lipinski definition) is 1. The van der Waals surface area contributed by atoms with E-state index in [-0.39, 0.29) is 0 Å². The number of nitrogens with one attached hydrogen (secondary N) is 1. The minimum Gasteiger partial charge on any atom is -0.313 e. The van der Waals surface area contributed by atoms with E-state index in [1.807, 2.05) is 0 Å². The van der Waals surface area contributed by atoms with Crippen molar-refractivity contribution in [3.05, 3.63) is 12.2 Å². The second-order valence-electron chi connectivity index (χ2n) is 5.52. The summed E-state index contributed by atoms with van der Waals surface area (Å²) >= 11 is 6.44. The van der Waals surface area contributed by atoms with Crippen LogP contribution in [0.2, 0.25) is 19.1 Å². The summed E-state index contributed by atoms with van der Waals surface area (Å²) in [5, 5.41) is 3.48. The molecule has 1 unspecified atom stereocenters. The third-order valence-corrected chi connectivity index (χ3v) is 4.61. The highest BCUT2D eigenvalue weighted by atomic mass is 35.6. The summed E-state index contributed by atoms with van der Waals surface area (Å²) in [7, 11) is -1.44. The van der Waals surface area contributed by atoms with E-state index in [0.717, 1.165) is 19.0 Å². The van der Waals surface area contributed by atoms with E-state index < -0.39 is 7.38 Å². The van der Waals surface area contributed by atoms with Gasteiger partial charge in [-0.15, -0.1) is 0 Å². The Balaban J connectivity index is 3.95. The van der Waals surface area contributed by atoms with Crippen molar-refractivity contribution in [3.63, 3.8) is 0 Å². The average molecular weight is 262 g/mol. The summed E-state index contributed by atoms with van der Waals surface area (Å²) in [5.74, 6) is 0.749. The van der Waals surface area contributed by atoms with Crippen molar-refractivity contribution < 1.29 is 0 Å². The largest absolute Gasteiger partial charge is 0.313 e. The molecule has 0 spiro atoms. The maximum atomic E-state index is 6.44. The van der Waals surface area contributed by atoms with Crippen LogP contribution < -0.4 is 5.32 Å². The van der Waals surface area contributed by atoms with Crippen LogP contribution in [0.5, 0.6) is 0 Å². The predicted octanol–water partition coefficient (Wildman–Crippen LogP) is 4.40. The maximum Gasteiger partial charge on any atom is 0.150 e. The van der Waals surface area contributed by atoms with Gasteiger partial charge < -0.3 is 5.32 Å². The lowest BCUT2D eigenvalue weighted by Gasteiger charge is -2.23. The Hall–Kier alpha value is 0.207. The van der Waals surface area contributed by atoms with Gasteiger partial charge >= 0.3 is 0 Å². The Morgan fingerprint density at radius 3 is 2.50 bits per heavy atom. The fraction of sp³-hybridized carbons (Fsp3) is 0.846. The van der Waals surface area contributed by atoms with Gasteiger partial charge in [-0.25, -0.2) is 0 Å². The molecule has 1 atom stereocenters. The fourth-order valence-corrected chi connectivity index (χ4v) is 4.32. The molecular weight excluding hydrogens is 234 g/mol. The van der Waals surface area contributed by atoms with Crippen LogP contribution >= 0.6 is 11.1 Å². The van der Waals surface area contributed by atoms with Crippen LogP contribution in [0.25, 0.3) is 0 Å². The molecule has 0 aliphatic carbocycles. The van der Waals surface area contributed by atoms with Crippen LogP contribution in [0.4, 0.5) is 0 Å². The molecule has 0 fully saturated rings. The molecule has 16 heavy (non-hydrogen) atoms. The summed E-state index contributed by atoms with van der Waals surface area (Å²) in [6.07, 6.45) is 3.91. The summed E-state index contributed by atoms with van der Waals surface area (Å²) < 4.78 is 0. The minimum atomic E-state index is -1.44.